The van der Waals surface area contributed by atoms with Crippen LogP contribution in [0.3, 0.4) is 0 Å². The topological polar surface area (TPSA) is 110 Å². The molecule has 0 atom stereocenters. The molecule has 0 aliphatic carbocycles. The standard InChI is InChI=1S/C29H45N7O2/c1-27(2,23-7-6-22(20-32-23)38-21-26(37)36-18-14-31-15-19-36)10-11-28(3,4)24-8-9-25(34-33-24)35-16-12-29(5,30)13-17-35/h6-9,20,31H,10-19,21,30H2,1-5H3. The van der Waals surface area contributed by atoms with E-state index in [1.165, 1.54) is 0 Å². The van der Waals surface area contributed by atoms with Gasteiger partial charge in [-0.05, 0) is 56.9 Å². The molecular formula is C29H45N7O2. The molecule has 2 saturated heterocycles. The summed E-state index contributed by atoms with van der Waals surface area (Å²) in [6, 6.07) is 8.15. The number of anilines is 1. The number of piperidine rings is 1. The highest BCUT2D eigenvalue weighted by molar-refractivity contribution is 5.77. The van der Waals surface area contributed by atoms with Gasteiger partial charge in [0.2, 0.25) is 0 Å². The lowest BCUT2D eigenvalue weighted by Crippen LogP contribution is -2.48. The SMILES string of the molecule is CC1(N)CCN(c2ccc(C(C)(C)CCC(C)(C)c3ccc(OCC(=O)N4CCNCC4)cn3)nn2)CC1. The number of hydrogen-bond acceptors (Lipinski definition) is 8. The predicted molar refractivity (Wildman–Crippen MR) is 151 cm³/mol. The van der Waals surface area contributed by atoms with Gasteiger partial charge in [-0.25, -0.2) is 0 Å². The first kappa shape index (κ1) is 28.2. The molecule has 9 nitrogen and oxygen atoms in total. The van der Waals surface area contributed by atoms with Crippen LogP contribution in [0.2, 0.25) is 0 Å². The Morgan fingerprint density at radius 3 is 2.18 bits per heavy atom. The third-order valence-corrected chi connectivity index (χ3v) is 8.21. The first-order valence-electron chi connectivity index (χ1n) is 13.9. The number of amides is 1. The number of piperazine rings is 1. The molecule has 2 fully saturated rings. The van der Waals surface area contributed by atoms with E-state index < -0.39 is 0 Å². The molecule has 4 rings (SSSR count). The monoisotopic (exact) mass is 523 g/mol. The summed E-state index contributed by atoms with van der Waals surface area (Å²) in [5.41, 5.74) is 7.97. The van der Waals surface area contributed by atoms with Gasteiger partial charge >= 0.3 is 0 Å². The zero-order valence-corrected chi connectivity index (χ0v) is 23.8. The third-order valence-electron chi connectivity index (χ3n) is 8.21. The summed E-state index contributed by atoms with van der Waals surface area (Å²) >= 11 is 0. The van der Waals surface area contributed by atoms with Crippen molar-refractivity contribution in [1.29, 1.82) is 0 Å². The third kappa shape index (κ3) is 7.20. The molecule has 4 heterocycles. The second-order valence-electron chi connectivity index (χ2n) is 12.5. The number of ether oxygens (including phenoxy) is 1. The minimum Gasteiger partial charge on any atom is -0.482 e. The van der Waals surface area contributed by atoms with Gasteiger partial charge in [-0.3, -0.25) is 9.78 Å². The van der Waals surface area contributed by atoms with E-state index in [4.69, 9.17) is 10.5 Å². The second kappa shape index (κ2) is 11.5. The molecule has 38 heavy (non-hydrogen) atoms. The number of pyridine rings is 1. The van der Waals surface area contributed by atoms with Gasteiger partial charge < -0.3 is 25.6 Å². The Bertz CT molecular complexity index is 1050. The van der Waals surface area contributed by atoms with E-state index in [0.29, 0.717) is 5.75 Å². The smallest absolute Gasteiger partial charge is 0.260 e. The van der Waals surface area contributed by atoms with Crippen LogP contribution in [-0.2, 0) is 15.6 Å². The van der Waals surface area contributed by atoms with Crippen molar-refractivity contribution in [3.63, 3.8) is 0 Å². The van der Waals surface area contributed by atoms with Crippen molar-refractivity contribution in [2.75, 3.05) is 50.8 Å². The van der Waals surface area contributed by atoms with Gasteiger partial charge in [0.1, 0.15) is 5.75 Å². The molecule has 2 aliphatic rings. The van der Waals surface area contributed by atoms with E-state index in [1.54, 1.807) is 6.20 Å². The lowest BCUT2D eigenvalue weighted by atomic mass is 9.75. The zero-order valence-electron chi connectivity index (χ0n) is 23.8. The number of carbonyl (C=O) groups excluding carboxylic acids is 1. The van der Waals surface area contributed by atoms with Crippen molar-refractivity contribution < 1.29 is 9.53 Å². The molecule has 0 bridgehead atoms. The number of rotatable bonds is 9. The van der Waals surface area contributed by atoms with Crippen LogP contribution >= 0.6 is 0 Å². The largest absolute Gasteiger partial charge is 0.482 e. The highest BCUT2D eigenvalue weighted by Crippen LogP contribution is 2.35. The van der Waals surface area contributed by atoms with Gasteiger partial charge in [0.25, 0.3) is 5.91 Å². The van der Waals surface area contributed by atoms with Crippen LogP contribution in [0.4, 0.5) is 5.82 Å². The van der Waals surface area contributed by atoms with Gasteiger partial charge in [-0.2, -0.15) is 5.10 Å². The number of aromatic nitrogens is 3. The van der Waals surface area contributed by atoms with Crippen molar-refractivity contribution in [3.8, 4) is 5.75 Å². The average Bonchev–Trinajstić information content (AvgIpc) is 2.91. The number of nitrogens with zero attached hydrogens (tertiary/aromatic N) is 5. The molecule has 0 unspecified atom stereocenters. The van der Waals surface area contributed by atoms with Gasteiger partial charge in [-0.1, -0.05) is 27.7 Å². The number of nitrogens with two attached hydrogens (primary N) is 1. The molecule has 1 amide bonds. The summed E-state index contributed by atoms with van der Waals surface area (Å²) in [4.78, 5) is 21.2. The molecule has 0 saturated carbocycles. The Kier molecular flexibility index (Phi) is 8.57. The number of hydrogen-bond donors (Lipinski definition) is 2. The fraction of sp³-hybridized carbons (Fsp3) is 0.655. The Balaban J connectivity index is 1.29. The summed E-state index contributed by atoms with van der Waals surface area (Å²) < 4.78 is 5.73. The summed E-state index contributed by atoms with van der Waals surface area (Å²) in [7, 11) is 0. The van der Waals surface area contributed by atoms with Crippen LogP contribution in [0.15, 0.2) is 30.5 Å². The normalized spacial score (nSPS) is 18.4. The quantitative estimate of drug-likeness (QED) is 0.516. The molecule has 2 aromatic heterocycles. The fourth-order valence-corrected chi connectivity index (χ4v) is 5.00. The van der Waals surface area contributed by atoms with Crippen molar-refractivity contribution in [1.82, 2.24) is 25.4 Å². The van der Waals surface area contributed by atoms with E-state index >= 15 is 0 Å². The van der Waals surface area contributed by atoms with Gasteiger partial charge in [0, 0.05) is 61.3 Å². The van der Waals surface area contributed by atoms with Crippen LogP contribution < -0.4 is 20.7 Å². The van der Waals surface area contributed by atoms with E-state index in [9.17, 15) is 4.79 Å². The molecule has 0 aromatic carbocycles. The van der Waals surface area contributed by atoms with Crippen LogP contribution in [-0.4, -0.2) is 77.4 Å². The lowest BCUT2D eigenvalue weighted by Gasteiger charge is -2.37. The molecule has 2 aromatic rings. The van der Waals surface area contributed by atoms with Crippen molar-refractivity contribution in [2.45, 2.75) is 76.7 Å². The molecule has 3 N–H and O–H groups in total. The maximum absolute atomic E-state index is 12.4. The summed E-state index contributed by atoms with van der Waals surface area (Å²) in [6.45, 7) is 16.0. The van der Waals surface area contributed by atoms with Crippen LogP contribution in [0.25, 0.3) is 0 Å². The maximum Gasteiger partial charge on any atom is 0.260 e. The predicted octanol–water partition coefficient (Wildman–Crippen LogP) is 3.04. The molecule has 0 spiro atoms. The van der Waals surface area contributed by atoms with Crippen molar-refractivity contribution in [3.05, 3.63) is 41.9 Å². The average molecular weight is 524 g/mol. The fourth-order valence-electron chi connectivity index (χ4n) is 5.00. The molecule has 2 aliphatic heterocycles. The Hall–Kier alpha value is -2.78. The first-order valence-corrected chi connectivity index (χ1v) is 13.9. The minimum atomic E-state index is -0.123. The molecule has 208 valence electrons. The van der Waals surface area contributed by atoms with Gasteiger partial charge in [-0.15, -0.1) is 5.10 Å². The highest BCUT2D eigenvalue weighted by atomic mass is 16.5. The molecule has 9 heteroatoms. The van der Waals surface area contributed by atoms with Crippen molar-refractivity contribution >= 4 is 11.7 Å². The van der Waals surface area contributed by atoms with E-state index in [2.05, 4.69) is 72.1 Å². The second-order valence-corrected chi connectivity index (χ2v) is 12.5. The zero-order chi connectivity index (χ0) is 27.4. The van der Waals surface area contributed by atoms with Crippen LogP contribution in [0.1, 0.15) is 71.7 Å². The van der Waals surface area contributed by atoms with Crippen LogP contribution in [0.5, 0.6) is 5.75 Å². The van der Waals surface area contributed by atoms with Gasteiger partial charge in [0.05, 0.1) is 11.9 Å². The highest BCUT2D eigenvalue weighted by Gasteiger charge is 2.30. The van der Waals surface area contributed by atoms with E-state index in [1.807, 2.05) is 17.0 Å². The maximum atomic E-state index is 12.4. The Labute approximate surface area is 227 Å². The molecule has 0 radical (unpaired) electrons. The van der Waals surface area contributed by atoms with Gasteiger partial charge in [0.15, 0.2) is 12.4 Å². The van der Waals surface area contributed by atoms with Crippen LogP contribution in [0, 0.1) is 0 Å². The summed E-state index contributed by atoms with van der Waals surface area (Å²) in [5, 5.41) is 12.4. The van der Waals surface area contributed by atoms with E-state index in [-0.39, 0.29) is 28.9 Å². The minimum absolute atomic E-state index is 0.0174. The van der Waals surface area contributed by atoms with Crippen molar-refractivity contribution in [2.24, 2.45) is 5.73 Å². The Morgan fingerprint density at radius 2 is 1.61 bits per heavy atom. The number of carbonyl (C=O) groups is 1. The summed E-state index contributed by atoms with van der Waals surface area (Å²) in [6.07, 6.45) is 5.55. The Morgan fingerprint density at radius 1 is 0.974 bits per heavy atom. The first-order chi connectivity index (χ1) is 18.0. The summed E-state index contributed by atoms with van der Waals surface area (Å²) in [5.74, 6) is 1.57. The molecular weight excluding hydrogens is 478 g/mol. The number of nitrogens with one attached hydrogen (secondary N) is 1. The van der Waals surface area contributed by atoms with E-state index in [0.717, 1.165) is 82.2 Å². The lowest BCUT2D eigenvalue weighted by molar-refractivity contribution is -0.133.